The first-order valence-corrected chi connectivity index (χ1v) is 16.7. The molecule has 5 N–H and O–H groups in total. The summed E-state index contributed by atoms with van der Waals surface area (Å²) in [6.45, 7) is 8.11. The molecule has 0 unspecified atom stereocenters. The van der Waals surface area contributed by atoms with E-state index in [1.54, 1.807) is 17.1 Å². The van der Waals surface area contributed by atoms with Crippen molar-refractivity contribution >= 4 is 36.5 Å². The van der Waals surface area contributed by atoms with Gasteiger partial charge in [0.05, 0.1) is 18.6 Å². The van der Waals surface area contributed by atoms with Gasteiger partial charge in [-0.1, -0.05) is 100 Å². The molecule has 230 valence electrons. The van der Waals surface area contributed by atoms with Crippen LogP contribution in [0, 0.1) is 5.92 Å². The van der Waals surface area contributed by atoms with Gasteiger partial charge in [0.15, 0.2) is 0 Å². The highest BCUT2D eigenvalue weighted by molar-refractivity contribution is 6.98. The molecule has 0 saturated heterocycles. The van der Waals surface area contributed by atoms with Gasteiger partial charge in [-0.15, -0.1) is 0 Å². The predicted molar refractivity (Wildman–Crippen MR) is 173 cm³/mol. The normalized spacial score (nSPS) is 13.6. The number of phenolic OH excluding ortho intramolecular Hbond substituents is 1. The van der Waals surface area contributed by atoms with Gasteiger partial charge in [-0.05, 0) is 58.3 Å². The van der Waals surface area contributed by atoms with Crippen LogP contribution in [-0.4, -0.2) is 66.3 Å². The monoisotopic (exact) mass is 603 g/mol. The largest absolute Gasteiger partial charge is 0.508 e. The predicted octanol–water partition coefficient (Wildman–Crippen LogP) is 2.74. The molecular formula is C34H45N3O5Si. The fourth-order valence-electron chi connectivity index (χ4n) is 5.41. The van der Waals surface area contributed by atoms with Crippen LogP contribution in [0.4, 0.5) is 0 Å². The quantitative estimate of drug-likeness (QED) is 0.0802. The average Bonchev–Trinajstić information content (AvgIpc) is 3.00. The number of hydrogen-bond donors (Lipinski definition) is 4. The Bertz CT molecular complexity index is 1290. The molecule has 8 nitrogen and oxygen atoms in total. The number of hydrazine groups is 1. The first-order valence-electron chi connectivity index (χ1n) is 14.8. The van der Waals surface area contributed by atoms with E-state index < -0.39 is 37.0 Å². The molecule has 3 rings (SSSR count). The van der Waals surface area contributed by atoms with E-state index in [1.165, 1.54) is 12.1 Å². The molecule has 0 bridgehead atoms. The number of ketones is 2. The summed E-state index contributed by atoms with van der Waals surface area (Å²) in [5.74, 6) is -1.04. The van der Waals surface area contributed by atoms with Crippen molar-refractivity contribution < 1.29 is 24.3 Å². The Morgan fingerprint density at radius 1 is 0.953 bits per heavy atom. The lowest BCUT2D eigenvalue weighted by Gasteiger charge is -2.42. The van der Waals surface area contributed by atoms with Crippen LogP contribution in [0.25, 0.3) is 0 Å². The van der Waals surface area contributed by atoms with E-state index in [-0.39, 0.29) is 24.6 Å². The van der Waals surface area contributed by atoms with Gasteiger partial charge in [0.1, 0.15) is 12.0 Å². The first kappa shape index (κ1) is 34.0. The number of Topliss-reactive ketones (excluding diaryl/α,β-unsaturated/α-hetero) is 2. The van der Waals surface area contributed by atoms with Crippen molar-refractivity contribution in [1.82, 2.24) is 10.4 Å². The second-order valence-corrected chi connectivity index (χ2v) is 16.2. The molecule has 0 aliphatic carbocycles. The number of benzene rings is 3. The number of aldehydes is 1. The second kappa shape index (κ2) is 15.3. The highest BCUT2D eigenvalue weighted by Crippen LogP contribution is 2.38. The van der Waals surface area contributed by atoms with Gasteiger partial charge < -0.3 is 20.4 Å². The highest BCUT2D eigenvalue weighted by Gasteiger charge is 2.49. The third-order valence-electron chi connectivity index (χ3n) is 7.95. The van der Waals surface area contributed by atoms with Crippen LogP contribution in [0.1, 0.15) is 46.1 Å². The van der Waals surface area contributed by atoms with Crippen molar-refractivity contribution in [3.8, 4) is 5.75 Å². The smallest absolute Gasteiger partial charge is 0.258 e. The molecule has 0 saturated carbocycles. The van der Waals surface area contributed by atoms with Gasteiger partial charge >= 0.3 is 0 Å². The number of nitrogens with zero attached hydrogens (tertiary/aromatic N) is 1. The lowest BCUT2D eigenvalue weighted by Crippen LogP contribution is -2.66. The summed E-state index contributed by atoms with van der Waals surface area (Å²) in [4.78, 5) is 50.7. The summed E-state index contributed by atoms with van der Waals surface area (Å²) in [5.41, 5.74) is 10.0. The Labute approximate surface area is 256 Å². The molecule has 9 heteroatoms. The zero-order valence-corrected chi connectivity index (χ0v) is 26.6. The zero-order chi connectivity index (χ0) is 31.6. The third kappa shape index (κ3) is 9.01. The maximum absolute atomic E-state index is 13.2. The van der Waals surface area contributed by atoms with Crippen LogP contribution >= 0.6 is 0 Å². The molecule has 0 heterocycles. The van der Waals surface area contributed by atoms with E-state index in [2.05, 4.69) is 5.43 Å². The fraction of sp³-hybridized carbons (Fsp3) is 0.382. The molecule has 2 atom stereocenters. The Morgan fingerprint density at radius 3 is 1.98 bits per heavy atom. The zero-order valence-electron chi connectivity index (χ0n) is 25.6. The number of carbonyl (C=O) groups is 3. The summed E-state index contributed by atoms with van der Waals surface area (Å²) >= 11 is 0. The fourth-order valence-corrected chi connectivity index (χ4v) is 9.13. The Kier molecular flexibility index (Phi) is 12.1. The number of phenols is 1. The minimum atomic E-state index is -3.31. The number of nitrogens with one attached hydrogen (secondary N) is 1. The summed E-state index contributed by atoms with van der Waals surface area (Å²) in [5, 5.41) is 12.3. The molecular weight excluding hydrogens is 558 g/mol. The van der Waals surface area contributed by atoms with Crippen LogP contribution < -0.4 is 21.5 Å². The topological polar surface area (TPSA) is 133 Å². The molecule has 0 amide bonds. The van der Waals surface area contributed by atoms with Gasteiger partial charge in [-0.3, -0.25) is 9.59 Å². The number of aromatic hydroxyl groups is 1. The minimum absolute atomic E-state index is 0.102. The standard InChI is InChI=1S/C34H45N3O5Si/c1-25(2)21-27(24-38)36-37(23-32(40)33(41)31(35)22-26-15-17-28(39)18-16-26)20-19-34(3,4)43(42,29-11-7-5-8-12-29)30-13-9-6-10-14-30/h5-18,24-25,27,31,36,39,42H,19-23,35H2,1-4H3/t27-,31-/m0/s1. The van der Waals surface area contributed by atoms with E-state index in [9.17, 15) is 24.3 Å². The summed E-state index contributed by atoms with van der Waals surface area (Å²) in [6, 6.07) is 24.1. The molecule has 43 heavy (non-hydrogen) atoms. The molecule has 0 aliphatic rings. The van der Waals surface area contributed by atoms with Crippen molar-refractivity contribution in [3.63, 3.8) is 0 Å². The van der Waals surface area contributed by atoms with Crippen LogP contribution in [0.3, 0.4) is 0 Å². The van der Waals surface area contributed by atoms with Crippen molar-refractivity contribution in [2.45, 2.75) is 64.1 Å². The van der Waals surface area contributed by atoms with Gasteiger partial charge in [0.2, 0.25) is 11.6 Å². The lowest BCUT2D eigenvalue weighted by atomic mass is 10.0. The Hall–Kier alpha value is -3.47. The van der Waals surface area contributed by atoms with E-state index in [0.29, 0.717) is 19.4 Å². The summed E-state index contributed by atoms with van der Waals surface area (Å²) in [6.07, 6.45) is 2.00. The number of carbonyl (C=O) groups excluding carboxylic acids is 3. The number of hydrogen-bond acceptors (Lipinski definition) is 8. The van der Waals surface area contributed by atoms with Gasteiger partial charge in [0.25, 0.3) is 8.32 Å². The maximum atomic E-state index is 13.2. The van der Waals surface area contributed by atoms with E-state index >= 15 is 0 Å². The molecule has 3 aromatic carbocycles. The summed E-state index contributed by atoms with van der Waals surface area (Å²) in [7, 11) is -3.31. The molecule has 3 aromatic rings. The first-order chi connectivity index (χ1) is 20.4. The highest BCUT2D eigenvalue weighted by atomic mass is 28.4. The van der Waals surface area contributed by atoms with Gasteiger partial charge in [-0.2, -0.15) is 0 Å². The van der Waals surface area contributed by atoms with E-state index in [4.69, 9.17) is 5.73 Å². The third-order valence-corrected chi connectivity index (χ3v) is 12.5. The molecule has 0 spiro atoms. The van der Waals surface area contributed by atoms with Crippen LogP contribution in [0.5, 0.6) is 5.75 Å². The summed E-state index contributed by atoms with van der Waals surface area (Å²) < 4.78 is 0. The second-order valence-electron chi connectivity index (χ2n) is 12.3. The van der Waals surface area contributed by atoms with Crippen molar-refractivity contribution in [2.75, 3.05) is 13.1 Å². The van der Waals surface area contributed by atoms with Crippen molar-refractivity contribution in [3.05, 3.63) is 90.5 Å². The SMILES string of the molecule is CC(C)C[C@@H](C=O)NN(CCC(C)(C)[Si](O)(c1ccccc1)c1ccccc1)CC(=O)C(=O)[C@@H](N)Cc1ccc(O)cc1. The number of rotatable bonds is 17. The van der Waals surface area contributed by atoms with E-state index in [0.717, 1.165) is 22.2 Å². The van der Waals surface area contributed by atoms with Crippen molar-refractivity contribution in [2.24, 2.45) is 11.7 Å². The number of nitrogens with two attached hydrogens (primary N) is 1. The van der Waals surface area contributed by atoms with Crippen LogP contribution in [-0.2, 0) is 20.8 Å². The maximum Gasteiger partial charge on any atom is 0.258 e. The molecule has 0 aromatic heterocycles. The molecule has 0 aliphatic heterocycles. The Balaban J connectivity index is 1.83. The molecule has 0 radical (unpaired) electrons. The van der Waals surface area contributed by atoms with Crippen molar-refractivity contribution in [1.29, 1.82) is 0 Å². The van der Waals surface area contributed by atoms with Crippen LogP contribution in [0.2, 0.25) is 5.04 Å². The van der Waals surface area contributed by atoms with Gasteiger partial charge in [-0.25, -0.2) is 10.4 Å². The minimum Gasteiger partial charge on any atom is -0.508 e. The van der Waals surface area contributed by atoms with E-state index in [1.807, 2.05) is 88.4 Å². The molecule has 0 fully saturated rings. The lowest BCUT2D eigenvalue weighted by molar-refractivity contribution is -0.138. The average molecular weight is 604 g/mol. The van der Waals surface area contributed by atoms with Gasteiger partial charge in [0, 0.05) is 6.54 Å². The Morgan fingerprint density at radius 2 is 1.49 bits per heavy atom. The van der Waals surface area contributed by atoms with Crippen LogP contribution in [0.15, 0.2) is 84.9 Å².